The van der Waals surface area contributed by atoms with E-state index in [0.717, 1.165) is 29.1 Å². The molecule has 114 valence electrons. The number of aryl methyl sites for hydroxylation is 1. The van der Waals surface area contributed by atoms with E-state index >= 15 is 0 Å². The number of nitrogens with zero attached hydrogens (tertiary/aromatic N) is 3. The second-order valence-corrected chi connectivity index (χ2v) is 7.20. The fourth-order valence-electron chi connectivity index (χ4n) is 3.38. The van der Waals surface area contributed by atoms with Crippen molar-refractivity contribution >= 4 is 22.8 Å². The number of hydrogen-bond acceptors (Lipinski definition) is 3. The Balaban J connectivity index is 2.17. The van der Waals surface area contributed by atoms with Gasteiger partial charge in [0.2, 0.25) is 0 Å². The average molecular weight is 308 g/mol. The Morgan fingerprint density at radius 3 is 2.67 bits per heavy atom. The lowest BCUT2D eigenvalue weighted by Gasteiger charge is -2.52. The highest BCUT2D eigenvalue weighted by atomic mass is 35.5. The van der Waals surface area contributed by atoms with E-state index in [1.54, 1.807) is 7.11 Å². The van der Waals surface area contributed by atoms with Gasteiger partial charge in [-0.3, -0.25) is 0 Å². The average Bonchev–Trinajstić information content (AvgIpc) is 2.77. The third-order valence-corrected chi connectivity index (χ3v) is 4.98. The van der Waals surface area contributed by atoms with Crippen molar-refractivity contribution in [3.8, 4) is 0 Å². The number of aromatic nitrogens is 3. The van der Waals surface area contributed by atoms with Gasteiger partial charge in [-0.25, -0.2) is 9.97 Å². The number of rotatable bonds is 3. The Labute approximate surface area is 130 Å². The standard InChI is InChI=1S/C16H22ClN3O/c1-9-6-7-11-15(18-9)20(14(19-11)10(2)17)12-8-13(21-5)16(12,3)4/h6-7,10,12-13H,8H2,1-5H3. The first-order valence-corrected chi connectivity index (χ1v) is 7.82. The highest BCUT2D eigenvalue weighted by Gasteiger charge is 2.51. The minimum absolute atomic E-state index is 0.0499. The third kappa shape index (κ3) is 2.16. The fourth-order valence-corrected chi connectivity index (χ4v) is 3.53. The van der Waals surface area contributed by atoms with Gasteiger partial charge >= 0.3 is 0 Å². The molecule has 0 bridgehead atoms. The Kier molecular flexibility index (Phi) is 3.49. The van der Waals surface area contributed by atoms with Gasteiger partial charge < -0.3 is 9.30 Å². The van der Waals surface area contributed by atoms with Gasteiger partial charge in [-0.05, 0) is 32.4 Å². The zero-order valence-corrected chi connectivity index (χ0v) is 14.0. The number of methoxy groups -OCH3 is 1. The lowest BCUT2D eigenvalue weighted by molar-refractivity contribution is -0.112. The Bertz CT molecular complexity index is 677. The van der Waals surface area contributed by atoms with Crippen molar-refractivity contribution in [1.82, 2.24) is 14.5 Å². The zero-order valence-electron chi connectivity index (χ0n) is 13.2. The van der Waals surface area contributed by atoms with E-state index in [4.69, 9.17) is 26.3 Å². The van der Waals surface area contributed by atoms with Crippen LogP contribution in [-0.4, -0.2) is 27.7 Å². The summed E-state index contributed by atoms with van der Waals surface area (Å²) in [6.07, 6.45) is 1.24. The Hall–Kier alpha value is -1.13. The number of hydrogen-bond donors (Lipinski definition) is 0. The largest absolute Gasteiger partial charge is 0.381 e. The summed E-state index contributed by atoms with van der Waals surface area (Å²) in [4.78, 5) is 9.40. The SMILES string of the molecule is COC1CC(n2c(C(C)Cl)nc3ccc(C)nc32)C1(C)C. The van der Waals surface area contributed by atoms with Crippen LogP contribution in [0, 0.1) is 12.3 Å². The van der Waals surface area contributed by atoms with Crippen LogP contribution in [0.2, 0.25) is 0 Å². The van der Waals surface area contributed by atoms with Crippen molar-refractivity contribution in [2.24, 2.45) is 5.41 Å². The number of halogens is 1. The summed E-state index contributed by atoms with van der Waals surface area (Å²) >= 11 is 6.37. The molecular weight excluding hydrogens is 286 g/mol. The maximum absolute atomic E-state index is 6.37. The molecule has 5 heteroatoms. The molecule has 3 rings (SSSR count). The van der Waals surface area contributed by atoms with Crippen LogP contribution < -0.4 is 0 Å². The summed E-state index contributed by atoms with van der Waals surface area (Å²) in [5.74, 6) is 0.900. The van der Waals surface area contributed by atoms with E-state index in [0.29, 0.717) is 6.04 Å². The molecule has 0 amide bonds. The number of imidazole rings is 1. The molecule has 21 heavy (non-hydrogen) atoms. The first-order chi connectivity index (χ1) is 9.86. The van der Waals surface area contributed by atoms with Crippen molar-refractivity contribution in [3.05, 3.63) is 23.7 Å². The quantitative estimate of drug-likeness (QED) is 0.804. The van der Waals surface area contributed by atoms with Crippen LogP contribution in [0.25, 0.3) is 11.2 Å². The van der Waals surface area contributed by atoms with Crippen LogP contribution >= 0.6 is 11.6 Å². The summed E-state index contributed by atoms with van der Waals surface area (Å²) in [5, 5.41) is -0.142. The normalized spacial score (nSPS) is 25.8. The molecule has 0 aromatic carbocycles. The molecule has 0 radical (unpaired) electrons. The van der Waals surface area contributed by atoms with E-state index in [9.17, 15) is 0 Å². The third-order valence-electron chi connectivity index (χ3n) is 4.78. The van der Waals surface area contributed by atoms with Gasteiger partial charge in [0.1, 0.15) is 11.3 Å². The molecule has 2 aromatic rings. The van der Waals surface area contributed by atoms with Gasteiger partial charge in [0.05, 0.1) is 11.5 Å². The van der Waals surface area contributed by atoms with E-state index in [-0.39, 0.29) is 16.9 Å². The predicted octanol–water partition coefficient (Wildman–Crippen LogP) is 4.03. The topological polar surface area (TPSA) is 39.9 Å². The highest BCUT2D eigenvalue weighted by molar-refractivity contribution is 6.20. The molecule has 1 aliphatic rings. The van der Waals surface area contributed by atoms with Gasteiger partial charge in [-0.1, -0.05) is 13.8 Å². The molecule has 1 saturated carbocycles. The van der Waals surface area contributed by atoms with Crippen LogP contribution in [-0.2, 0) is 4.74 Å². The fraction of sp³-hybridized carbons (Fsp3) is 0.625. The number of ether oxygens (including phenoxy) is 1. The summed E-state index contributed by atoms with van der Waals surface area (Å²) in [5.41, 5.74) is 2.90. The second kappa shape index (κ2) is 4.96. The van der Waals surface area contributed by atoms with Gasteiger partial charge in [0.15, 0.2) is 5.65 Å². The molecule has 3 atom stereocenters. The molecule has 0 saturated heterocycles. The van der Waals surface area contributed by atoms with Crippen LogP contribution in [0.3, 0.4) is 0 Å². The van der Waals surface area contributed by atoms with Crippen molar-refractivity contribution in [2.75, 3.05) is 7.11 Å². The molecule has 1 aliphatic carbocycles. The number of alkyl halides is 1. The summed E-state index contributed by atoms with van der Waals surface area (Å²) in [6.45, 7) is 8.44. The summed E-state index contributed by atoms with van der Waals surface area (Å²) < 4.78 is 7.81. The maximum Gasteiger partial charge on any atom is 0.160 e. The molecule has 2 heterocycles. The molecular formula is C16H22ClN3O. The lowest BCUT2D eigenvalue weighted by atomic mass is 9.64. The van der Waals surface area contributed by atoms with Crippen molar-refractivity contribution in [3.63, 3.8) is 0 Å². The number of pyridine rings is 1. The van der Waals surface area contributed by atoms with Gasteiger partial charge in [0, 0.05) is 24.3 Å². The van der Waals surface area contributed by atoms with Crippen molar-refractivity contribution in [1.29, 1.82) is 0 Å². The number of fused-ring (bicyclic) bond motifs is 1. The zero-order chi connectivity index (χ0) is 15.4. The van der Waals surface area contributed by atoms with Crippen LogP contribution in [0.4, 0.5) is 0 Å². The van der Waals surface area contributed by atoms with Gasteiger partial charge in [-0.15, -0.1) is 11.6 Å². The highest BCUT2D eigenvalue weighted by Crippen LogP contribution is 2.52. The van der Waals surface area contributed by atoms with Gasteiger partial charge in [-0.2, -0.15) is 0 Å². The molecule has 1 fully saturated rings. The molecule has 0 spiro atoms. The lowest BCUT2D eigenvalue weighted by Crippen LogP contribution is -2.51. The molecule has 0 N–H and O–H groups in total. The molecule has 4 nitrogen and oxygen atoms in total. The Morgan fingerprint density at radius 1 is 1.38 bits per heavy atom. The van der Waals surface area contributed by atoms with Crippen molar-refractivity contribution in [2.45, 2.75) is 51.6 Å². The van der Waals surface area contributed by atoms with Crippen molar-refractivity contribution < 1.29 is 4.74 Å². The van der Waals surface area contributed by atoms with Crippen LogP contribution in [0.1, 0.15) is 50.1 Å². The van der Waals surface area contributed by atoms with Gasteiger partial charge in [0.25, 0.3) is 0 Å². The smallest absolute Gasteiger partial charge is 0.160 e. The summed E-state index contributed by atoms with van der Waals surface area (Å²) in [7, 11) is 1.78. The van der Waals surface area contributed by atoms with Crippen LogP contribution in [0.15, 0.2) is 12.1 Å². The predicted molar refractivity (Wildman–Crippen MR) is 84.8 cm³/mol. The molecule has 0 aliphatic heterocycles. The van der Waals surface area contributed by atoms with E-state index < -0.39 is 0 Å². The van der Waals surface area contributed by atoms with E-state index in [1.165, 1.54) is 0 Å². The monoisotopic (exact) mass is 307 g/mol. The second-order valence-electron chi connectivity index (χ2n) is 6.55. The minimum atomic E-state index is -0.142. The molecule has 2 aromatic heterocycles. The molecule has 3 unspecified atom stereocenters. The first-order valence-electron chi connectivity index (χ1n) is 7.38. The Morgan fingerprint density at radius 2 is 2.10 bits per heavy atom. The minimum Gasteiger partial charge on any atom is -0.381 e. The maximum atomic E-state index is 6.37. The van der Waals surface area contributed by atoms with E-state index in [2.05, 4.69) is 18.4 Å². The van der Waals surface area contributed by atoms with E-state index in [1.807, 2.05) is 26.0 Å². The summed E-state index contributed by atoms with van der Waals surface area (Å²) in [6, 6.07) is 4.33. The van der Waals surface area contributed by atoms with Crippen LogP contribution in [0.5, 0.6) is 0 Å². The first kappa shape index (κ1) is 14.8.